The molecular weight excluding hydrogens is 334 g/mol. The van der Waals surface area contributed by atoms with E-state index in [1.54, 1.807) is 0 Å². The predicted molar refractivity (Wildman–Crippen MR) is 89.8 cm³/mol. The number of aryl methyl sites for hydroxylation is 1. The molecule has 0 radical (unpaired) electrons. The van der Waals surface area contributed by atoms with E-state index in [1.165, 1.54) is 30.4 Å². The zero-order chi connectivity index (χ0) is 13.9. The van der Waals surface area contributed by atoms with Gasteiger partial charge in [-0.05, 0) is 48.6 Å². The van der Waals surface area contributed by atoms with Crippen LogP contribution in [-0.2, 0) is 6.42 Å². The van der Waals surface area contributed by atoms with Gasteiger partial charge in [-0.2, -0.15) is 0 Å². The van der Waals surface area contributed by atoms with Crippen molar-refractivity contribution in [3.05, 3.63) is 63.1 Å². The summed E-state index contributed by atoms with van der Waals surface area (Å²) < 4.78 is 1.01. The van der Waals surface area contributed by atoms with Crippen molar-refractivity contribution in [2.75, 3.05) is 11.9 Å². The maximum absolute atomic E-state index is 6.25. The third kappa shape index (κ3) is 3.02. The van der Waals surface area contributed by atoms with Gasteiger partial charge >= 0.3 is 0 Å². The van der Waals surface area contributed by atoms with Gasteiger partial charge in [-0.3, -0.25) is 0 Å². The van der Waals surface area contributed by atoms with Crippen LogP contribution in [0.25, 0.3) is 0 Å². The lowest BCUT2D eigenvalue weighted by molar-refractivity contribution is 0.572. The van der Waals surface area contributed by atoms with Crippen molar-refractivity contribution in [1.82, 2.24) is 0 Å². The fourth-order valence-corrected chi connectivity index (χ4v) is 3.67. The molecule has 0 bridgehead atoms. The zero-order valence-electron chi connectivity index (χ0n) is 11.2. The molecule has 0 heterocycles. The van der Waals surface area contributed by atoms with Crippen LogP contribution in [0.2, 0.25) is 5.02 Å². The maximum Gasteiger partial charge on any atom is 0.0648 e. The molecule has 0 aliphatic heterocycles. The molecule has 1 aliphatic carbocycles. The average molecular weight is 351 g/mol. The van der Waals surface area contributed by atoms with Crippen LogP contribution in [0.1, 0.15) is 29.9 Å². The smallest absolute Gasteiger partial charge is 0.0648 e. The van der Waals surface area contributed by atoms with Crippen molar-refractivity contribution in [3.63, 3.8) is 0 Å². The number of hydrogen-bond acceptors (Lipinski definition) is 1. The molecule has 1 nitrogen and oxygen atoms in total. The van der Waals surface area contributed by atoms with Gasteiger partial charge < -0.3 is 5.32 Å². The van der Waals surface area contributed by atoms with Crippen LogP contribution in [0, 0.1) is 0 Å². The molecule has 104 valence electrons. The second-order valence-electron chi connectivity index (χ2n) is 5.29. The molecule has 0 aromatic heterocycles. The number of fused-ring (bicyclic) bond motifs is 1. The summed E-state index contributed by atoms with van der Waals surface area (Å²) in [5.74, 6) is 0.583. The number of rotatable bonds is 3. The molecule has 0 amide bonds. The van der Waals surface area contributed by atoms with Crippen molar-refractivity contribution < 1.29 is 0 Å². The van der Waals surface area contributed by atoms with E-state index in [-0.39, 0.29) is 0 Å². The molecule has 0 fully saturated rings. The highest BCUT2D eigenvalue weighted by Gasteiger charge is 2.19. The predicted octanol–water partition coefficient (Wildman–Crippen LogP) is 5.63. The highest BCUT2D eigenvalue weighted by atomic mass is 79.9. The molecule has 3 heteroatoms. The fraction of sp³-hybridized carbons (Fsp3) is 0.294. The Labute approximate surface area is 133 Å². The SMILES string of the molecule is Clc1cc(Br)ccc1NCC1CCCc2ccccc21. The Balaban J connectivity index is 1.73. The van der Waals surface area contributed by atoms with Gasteiger partial charge in [0.1, 0.15) is 0 Å². The first-order chi connectivity index (χ1) is 9.74. The Morgan fingerprint density at radius 3 is 2.90 bits per heavy atom. The van der Waals surface area contributed by atoms with Crippen molar-refractivity contribution in [1.29, 1.82) is 0 Å². The minimum absolute atomic E-state index is 0.583. The molecule has 1 aliphatic rings. The molecule has 0 spiro atoms. The van der Waals surface area contributed by atoms with E-state index in [2.05, 4.69) is 45.5 Å². The largest absolute Gasteiger partial charge is 0.383 e. The van der Waals surface area contributed by atoms with Crippen LogP contribution in [0.5, 0.6) is 0 Å². The van der Waals surface area contributed by atoms with Gasteiger partial charge in [0.15, 0.2) is 0 Å². The Kier molecular flexibility index (Phi) is 4.32. The molecular formula is C17H17BrClN. The minimum atomic E-state index is 0.583. The molecule has 20 heavy (non-hydrogen) atoms. The first kappa shape index (κ1) is 14.0. The van der Waals surface area contributed by atoms with Gasteiger partial charge in [0.25, 0.3) is 0 Å². The van der Waals surface area contributed by atoms with Gasteiger partial charge in [0.2, 0.25) is 0 Å². The van der Waals surface area contributed by atoms with Crippen molar-refractivity contribution in [3.8, 4) is 0 Å². The second kappa shape index (κ2) is 6.19. The van der Waals surface area contributed by atoms with E-state index < -0.39 is 0 Å². The van der Waals surface area contributed by atoms with E-state index in [0.29, 0.717) is 5.92 Å². The Morgan fingerprint density at radius 2 is 2.05 bits per heavy atom. The number of hydrogen-bond donors (Lipinski definition) is 1. The van der Waals surface area contributed by atoms with Crippen molar-refractivity contribution in [2.45, 2.75) is 25.2 Å². The molecule has 2 aromatic rings. The summed E-state index contributed by atoms with van der Waals surface area (Å²) in [6, 6.07) is 14.8. The fourth-order valence-electron chi connectivity index (χ4n) is 2.93. The van der Waals surface area contributed by atoms with Crippen LogP contribution >= 0.6 is 27.5 Å². The monoisotopic (exact) mass is 349 g/mol. The molecule has 2 aromatic carbocycles. The van der Waals surface area contributed by atoms with Crippen LogP contribution in [-0.4, -0.2) is 6.54 Å². The minimum Gasteiger partial charge on any atom is -0.383 e. The number of anilines is 1. The van der Waals surface area contributed by atoms with Crippen molar-refractivity contribution in [2.24, 2.45) is 0 Å². The van der Waals surface area contributed by atoms with E-state index in [9.17, 15) is 0 Å². The summed E-state index contributed by atoms with van der Waals surface area (Å²) in [6.45, 7) is 0.943. The standard InChI is InChI=1S/C17H17BrClN/c18-14-8-9-17(16(19)10-14)20-11-13-6-3-5-12-4-1-2-7-15(12)13/h1-2,4,7-10,13,20H,3,5-6,11H2. The normalized spacial score (nSPS) is 17.6. The van der Waals surface area contributed by atoms with Crippen LogP contribution in [0.4, 0.5) is 5.69 Å². The topological polar surface area (TPSA) is 12.0 Å². The first-order valence-corrected chi connectivity index (χ1v) is 8.18. The lowest BCUT2D eigenvalue weighted by Crippen LogP contribution is -2.18. The van der Waals surface area contributed by atoms with E-state index in [4.69, 9.17) is 11.6 Å². The van der Waals surface area contributed by atoms with Gasteiger partial charge in [0.05, 0.1) is 10.7 Å². The highest BCUT2D eigenvalue weighted by molar-refractivity contribution is 9.10. The quantitative estimate of drug-likeness (QED) is 0.756. The summed E-state index contributed by atoms with van der Waals surface area (Å²) in [7, 11) is 0. The lowest BCUT2D eigenvalue weighted by Gasteiger charge is -2.26. The van der Waals surface area contributed by atoms with Gasteiger partial charge in [-0.25, -0.2) is 0 Å². The van der Waals surface area contributed by atoms with Crippen LogP contribution in [0.15, 0.2) is 46.9 Å². The third-order valence-corrected chi connectivity index (χ3v) is 4.77. The molecule has 0 saturated carbocycles. The maximum atomic E-state index is 6.25. The second-order valence-corrected chi connectivity index (χ2v) is 6.62. The molecule has 1 atom stereocenters. The van der Waals surface area contributed by atoms with E-state index >= 15 is 0 Å². The third-order valence-electron chi connectivity index (χ3n) is 3.96. The average Bonchev–Trinajstić information content (AvgIpc) is 2.46. The molecule has 1 unspecified atom stereocenters. The Hall–Kier alpha value is -0.990. The molecule has 1 N–H and O–H groups in total. The van der Waals surface area contributed by atoms with Crippen molar-refractivity contribution >= 4 is 33.2 Å². The van der Waals surface area contributed by atoms with Crippen LogP contribution < -0.4 is 5.32 Å². The first-order valence-electron chi connectivity index (χ1n) is 7.01. The number of benzene rings is 2. The van der Waals surface area contributed by atoms with Gasteiger partial charge in [-0.15, -0.1) is 0 Å². The summed E-state index contributed by atoms with van der Waals surface area (Å²) in [5.41, 5.74) is 4.02. The number of halogens is 2. The molecule has 3 rings (SSSR count). The summed E-state index contributed by atoms with van der Waals surface area (Å²) in [4.78, 5) is 0. The number of nitrogens with one attached hydrogen (secondary N) is 1. The Morgan fingerprint density at radius 1 is 1.20 bits per heavy atom. The summed E-state index contributed by atoms with van der Waals surface area (Å²) >= 11 is 9.69. The zero-order valence-corrected chi connectivity index (χ0v) is 13.5. The summed E-state index contributed by atoms with van der Waals surface area (Å²) in [6.07, 6.45) is 3.74. The van der Waals surface area contributed by atoms with Crippen LogP contribution in [0.3, 0.4) is 0 Å². The van der Waals surface area contributed by atoms with E-state index in [1.807, 2.05) is 18.2 Å². The van der Waals surface area contributed by atoms with Gasteiger partial charge in [0, 0.05) is 16.9 Å². The molecule has 0 saturated heterocycles. The Bertz CT molecular complexity index is 612. The van der Waals surface area contributed by atoms with E-state index in [0.717, 1.165) is 21.7 Å². The highest BCUT2D eigenvalue weighted by Crippen LogP contribution is 2.32. The summed E-state index contributed by atoms with van der Waals surface area (Å²) in [5, 5.41) is 4.27. The lowest BCUT2D eigenvalue weighted by atomic mass is 9.83. The van der Waals surface area contributed by atoms with Gasteiger partial charge in [-0.1, -0.05) is 51.8 Å².